The molecule has 0 saturated heterocycles. The molecule has 1 aromatic carbocycles. The van der Waals surface area contributed by atoms with Crippen LogP contribution in [-0.2, 0) is 14.8 Å². The van der Waals surface area contributed by atoms with Gasteiger partial charge in [0.2, 0.25) is 5.91 Å². The first-order valence-electron chi connectivity index (χ1n) is 7.14. The normalized spacial score (nSPS) is 11.6. The van der Waals surface area contributed by atoms with E-state index in [9.17, 15) is 13.2 Å². The number of anilines is 1. The van der Waals surface area contributed by atoms with Crippen molar-refractivity contribution in [3.63, 3.8) is 0 Å². The minimum atomic E-state index is -3.64. The lowest BCUT2D eigenvalue weighted by atomic mass is 10.1. The van der Waals surface area contributed by atoms with Gasteiger partial charge in [0.05, 0.1) is 6.54 Å². The topological polar surface area (TPSA) is 92.3 Å². The highest BCUT2D eigenvalue weighted by atomic mass is 32.2. The number of rotatable bonds is 6. The monoisotopic (exact) mass is 394 g/mol. The molecule has 0 aliphatic heterocycles. The maximum absolute atomic E-state index is 12.3. The summed E-state index contributed by atoms with van der Waals surface area (Å²) in [6.45, 7) is -0.266. The standard InChI is InChI=1S/C15H14N4O3S3/c1-19(25(21,22)15-3-2-8-23-15)9-14(20)16-12-6-4-11(5-7-12)13-10-24-18-17-13/h2-8,10H,9H2,1H3,(H,16,20). The Labute approximate surface area is 153 Å². The summed E-state index contributed by atoms with van der Waals surface area (Å²) in [6.07, 6.45) is 0. The van der Waals surface area contributed by atoms with E-state index in [2.05, 4.69) is 14.9 Å². The molecule has 3 aromatic rings. The second kappa shape index (κ2) is 7.40. The number of carbonyl (C=O) groups excluding carboxylic acids is 1. The minimum absolute atomic E-state index is 0.212. The van der Waals surface area contributed by atoms with Crippen molar-refractivity contribution in [2.75, 3.05) is 18.9 Å². The first-order valence-corrected chi connectivity index (χ1v) is 10.3. The molecule has 1 N–H and O–H groups in total. The molecular weight excluding hydrogens is 380 g/mol. The zero-order valence-electron chi connectivity index (χ0n) is 13.1. The summed E-state index contributed by atoms with van der Waals surface area (Å²) in [4.78, 5) is 12.1. The van der Waals surface area contributed by atoms with Crippen molar-refractivity contribution in [3.05, 3.63) is 47.2 Å². The number of nitrogens with zero attached hydrogens (tertiary/aromatic N) is 3. The molecule has 2 aromatic heterocycles. The van der Waals surface area contributed by atoms with Gasteiger partial charge >= 0.3 is 0 Å². The Hall–Kier alpha value is -2.14. The molecule has 0 aliphatic rings. The van der Waals surface area contributed by atoms with Gasteiger partial charge in [-0.25, -0.2) is 8.42 Å². The predicted molar refractivity (Wildman–Crippen MR) is 98.1 cm³/mol. The summed E-state index contributed by atoms with van der Waals surface area (Å²) < 4.78 is 29.7. The smallest absolute Gasteiger partial charge is 0.252 e. The van der Waals surface area contributed by atoms with Crippen LogP contribution in [0, 0.1) is 0 Å². The van der Waals surface area contributed by atoms with Crippen molar-refractivity contribution in [2.24, 2.45) is 0 Å². The first kappa shape index (κ1) is 17.7. The summed E-state index contributed by atoms with van der Waals surface area (Å²) in [5.41, 5.74) is 2.24. The summed E-state index contributed by atoms with van der Waals surface area (Å²) in [6, 6.07) is 10.3. The number of hydrogen-bond acceptors (Lipinski definition) is 7. The molecular formula is C15H14N4O3S3. The van der Waals surface area contributed by atoms with Crippen LogP contribution in [-0.4, -0.2) is 41.8 Å². The number of sulfonamides is 1. The fourth-order valence-electron chi connectivity index (χ4n) is 2.07. The molecule has 1 amide bonds. The van der Waals surface area contributed by atoms with E-state index < -0.39 is 15.9 Å². The summed E-state index contributed by atoms with van der Waals surface area (Å²) in [5.74, 6) is -0.411. The zero-order chi connectivity index (χ0) is 17.9. The Morgan fingerprint density at radius 2 is 2.00 bits per heavy atom. The van der Waals surface area contributed by atoms with Gasteiger partial charge in [0.1, 0.15) is 9.90 Å². The van der Waals surface area contributed by atoms with E-state index in [1.807, 2.05) is 17.5 Å². The minimum Gasteiger partial charge on any atom is -0.325 e. The molecule has 130 valence electrons. The van der Waals surface area contributed by atoms with Crippen molar-refractivity contribution in [3.8, 4) is 11.3 Å². The van der Waals surface area contributed by atoms with Crippen molar-refractivity contribution in [1.82, 2.24) is 13.9 Å². The maximum atomic E-state index is 12.3. The number of thiophene rings is 1. The number of hydrogen-bond donors (Lipinski definition) is 1. The SMILES string of the molecule is CN(CC(=O)Nc1ccc(-c2csnn2)cc1)S(=O)(=O)c1cccs1. The Balaban J connectivity index is 1.63. The van der Waals surface area contributed by atoms with E-state index >= 15 is 0 Å². The second-order valence-corrected chi connectivity index (χ2v) is 8.94. The van der Waals surface area contributed by atoms with Crippen LogP contribution in [0.1, 0.15) is 0 Å². The Bertz CT molecular complexity index is 937. The lowest BCUT2D eigenvalue weighted by Gasteiger charge is -2.15. The molecule has 2 heterocycles. The van der Waals surface area contributed by atoms with Crippen molar-refractivity contribution >= 4 is 44.5 Å². The number of carbonyl (C=O) groups is 1. The van der Waals surface area contributed by atoms with Crippen LogP contribution >= 0.6 is 22.9 Å². The summed E-state index contributed by atoms with van der Waals surface area (Å²) in [5, 5.41) is 10.2. The number of amides is 1. The quantitative estimate of drug-likeness (QED) is 0.694. The molecule has 0 bridgehead atoms. The Kier molecular flexibility index (Phi) is 5.23. The van der Waals surface area contributed by atoms with Crippen LogP contribution in [0.4, 0.5) is 5.69 Å². The van der Waals surface area contributed by atoms with Gasteiger partial charge in [-0.1, -0.05) is 22.7 Å². The van der Waals surface area contributed by atoms with Gasteiger partial charge in [-0.05, 0) is 35.1 Å². The zero-order valence-corrected chi connectivity index (χ0v) is 15.6. The highest BCUT2D eigenvalue weighted by molar-refractivity contribution is 7.91. The van der Waals surface area contributed by atoms with Gasteiger partial charge in [0, 0.05) is 23.7 Å². The van der Waals surface area contributed by atoms with Crippen LogP contribution in [0.15, 0.2) is 51.4 Å². The number of benzene rings is 1. The average Bonchev–Trinajstić information content (AvgIpc) is 3.29. The van der Waals surface area contributed by atoms with Gasteiger partial charge in [-0.3, -0.25) is 4.79 Å². The molecule has 0 fully saturated rings. The second-order valence-electron chi connectivity index (χ2n) is 5.11. The Morgan fingerprint density at radius 1 is 1.24 bits per heavy atom. The molecule has 0 atom stereocenters. The van der Waals surface area contributed by atoms with Gasteiger partial charge in [0.15, 0.2) is 0 Å². The lowest BCUT2D eigenvalue weighted by molar-refractivity contribution is -0.116. The molecule has 0 spiro atoms. The fourth-order valence-corrected chi connectivity index (χ4v) is 4.86. The van der Waals surface area contributed by atoms with Crippen LogP contribution in [0.2, 0.25) is 0 Å². The van der Waals surface area contributed by atoms with E-state index in [0.29, 0.717) is 5.69 Å². The third-order valence-corrected chi connectivity index (χ3v) is 7.03. The van der Waals surface area contributed by atoms with Gasteiger partial charge < -0.3 is 5.32 Å². The number of likely N-dealkylation sites (N-methyl/N-ethyl adjacent to an activating group) is 1. The predicted octanol–water partition coefficient (Wildman–Crippen LogP) is 2.53. The molecule has 0 saturated carbocycles. The van der Waals surface area contributed by atoms with Crippen LogP contribution < -0.4 is 5.32 Å². The van der Waals surface area contributed by atoms with Gasteiger partial charge in [0.25, 0.3) is 10.0 Å². The van der Waals surface area contributed by atoms with E-state index in [1.165, 1.54) is 24.6 Å². The number of nitrogens with one attached hydrogen (secondary N) is 1. The highest BCUT2D eigenvalue weighted by Crippen LogP contribution is 2.21. The molecule has 25 heavy (non-hydrogen) atoms. The average molecular weight is 395 g/mol. The van der Waals surface area contributed by atoms with Gasteiger partial charge in [-0.15, -0.1) is 16.4 Å². The lowest BCUT2D eigenvalue weighted by Crippen LogP contribution is -2.34. The molecule has 10 heteroatoms. The largest absolute Gasteiger partial charge is 0.325 e. The van der Waals surface area contributed by atoms with Crippen LogP contribution in [0.5, 0.6) is 0 Å². The molecule has 7 nitrogen and oxygen atoms in total. The van der Waals surface area contributed by atoms with E-state index in [-0.39, 0.29) is 10.8 Å². The summed E-state index contributed by atoms with van der Waals surface area (Å²) >= 11 is 2.38. The van der Waals surface area contributed by atoms with E-state index in [1.54, 1.807) is 23.6 Å². The molecule has 3 rings (SSSR count). The first-order chi connectivity index (χ1) is 12.0. The molecule has 0 radical (unpaired) electrons. The van der Waals surface area contributed by atoms with E-state index in [4.69, 9.17) is 0 Å². The Morgan fingerprint density at radius 3 is 2.60 bits per heavy atom. The van der Waals surface area contributed by atoms with E-state index in [0.717, 1.165) is 26.9 Å². The van der Waals surface area contributed by atoms with Crippen molar-refractivity contribution < 1.29 is 13.2 Å². The van der Waals surface area contributed by atoms with Crippen molar-refractivity contribution in [2.45, 2.75) is 4.21 Å². The molecule has 0 unspecified atom stereocenters. The fraction of sp³-hybridized carbons (Fsp3) is 0.133. The summed E-state index contributed by atoms with van der Waals surface area (Å²) in [7, 11) is -2.26. The van der Waals surface area contributed by atoms with Crippen molar-refractivity contribution in [1.29, 1.82) is 0 Å². The van der Waals surface area contributed by atoms with Gasteiger partial charge in [-0.2, -0.15) is 4.31 Å². The molecule has 0 aliphatic carbocycles. The van der Waals surface area contributed by atoms with Crippen LogP contribution in [0.3, 0.4) is 0 Å². The third-order valence-electron chi connectivity index (χ3n) is 3.35. The third kappa shape index (κ3) is 4.10. The maximum Gasteiger partial charge on any atom is 0.252 e. The number of aromatic nitrogens is 2. The van der Waals surface area contributed by atoms with Crippen LogP contribution in [0.25, 0.3) is 11.3 Å². The highest BCUT2D eigenvalue weighted by Gasteiger charge is 2.23.